The van der Waals surface area contributed by atoms with E-state index >= 15 is 0 Å². The van der Waals surface area contributed by atoms with E-state index in [2.05, 4.69) is 5.32 Å². The van der Waals surface area contributed by atoms with Gasteiger partial charge in [-0.15, -0.1) is 0 Å². The van der Waals surface area contributed by atoms with Gasteiger partial charge in [-0.1, -0.05) is 18.6 Å². The van der Waals surface area contributed by atoms with Crippen molar-refractivity contribution < 1.29 is 18.0 Å². The van der Waals surface area contributed by atoms with Gasteiger partial charge in [-0.2, -0.15) is 13.2 Å². The normalized spacial score (nSPS) is 18.9. The van der Waals surface area contributed by atoms with Crippen LogP contribution < -0.4 is 5.32 Å². The molecule has 1 aromatic carbocycles. The molecule has 0 aromatic heterocycles. The molecule has 1 saturated carbocycles. The Bertz CT molecular complexity index is 520. The number of halogens is 3. The third kappa shape index (κ3) is 3.62. The van der Waals surface area contributed by atoms with Crippen LogP contribution in [-0.2, 0) is 11.0 Å². The quantitative estimate of drug-likeness (QED) is 0.638. The molecule has 0 radical (unpaired) electrons. The molecular formula is C15H16F3NO. The Hall–Kier alpha value is -1.78. The van der Waals surface area contributed by atoms with Crippen molar-refractivity contribution in [2.24, 2.45) is 0 Å². The molecule has 1 fully saturated rings. The van der Waals surface area contributed by atoms with E-state index in [9.17, 15) is 18.0 Å². The van der Waals surface area contributed by atoms with Crippen LogP contribution in [0.1, 0.15) is 37.7 Å². The molecule has 1 aliphatic rings. The van der Waals surface area contributed by atoms with Gasteiger partial charge in [-0.05, 0) is 31.4 Å². The summed E-state index contributed by atoms with van der Waals surface area (Å²) < 4.78 is 38.5. The number of rotatable bonds is 2. The zero-order valence-electron chi connectivity index (χ0n) is 11.0. The van der Waals surface area contributed by atoms with Crippen LogP contribution in [0.5, 0.6) is 0 Å². The Kier molecular flexibility index (Phi) is 4.47. The average Bonchev–Trinajstić information content (AvgIpc) is 2.60. The first-order valence-corrected chi connectivity index (χ1v) is 6.63. The number of ketones is 1. The summed E-state index contributed by atoms with van der Waals surface area (Å²) >= 11 is 0. The number of benzene rings is 1. The molecule has 0 aliphatic heterocycles. The number of hydrogen-bond acceptors (Lipinski definition) is 2. The number of alkyl halides is 3. The minimum atomic E-state index is -4.41. The summed E-state index contributed by atoms with van der Waals surface area (Å²) in [6.07, 6.45) is 0.875. The minimum absolute atomic E-state index is 0.0236. The highest BCUT2D eigenvalue weighted by atomic mass is 19.4. The molecule has 0 unspecified atom stereocenters. The summed E-state index contributed by atoms with van der Waals surface area (Å²) in [5, 5.41) is 2.64. The Balaban J connectivity index is 2.20. The molecule has 1 aliphatic carbocycles. The molecule has 0 saturated heterocycles. The Morgan fingerprint density at radius 3 is 2.50 bits per heavy atom. The lowest BCUT2D eigenvalue weighted by atomic mass is 10.1. The van der Waals surface area contributed by atoms with Gasteiger partial charge in [0.25, 0.3) is 0 Å². The summed E-state index contributed by atoms with van der Waals surface area (Å²) in [6.45, 7) is 0. The number of carbonyl (C=O) groups is 1. The molecule has 2 rings (SSSR count). The monoisotopic (exact) mass is 283 g/mol. The second kappa shape index (κ2) is 6.11. The Labute approximate surface area is 115 Å². The van der Waals surface area contributed by atoms with E-state index in [1.807, 2.05) is 0 Å². The highest BCUT2D eigenvalue weighted by Crippen LogP contribution is 2.34. The van der Waals surface area contributed by atoms with E-state index in [-0.39, 0.29) is 11.5 Å². The van der Waals surface area contributed by atoms with Gasteiger partial charge < -0.3 is 5.32 Å². The third-order valence-electron chi connectivity index (χ3n) is 3.34. The lowest BCUT2D eigenvalue weighted by Gasteiger charge is -2.13. The number of Topliss-reactive ketones (excluding diaryl/α,β-unsaturated/α-hetero) is 1. The van der Waals surface area contributed by atoms with Crippen LogP contribution in [0.15, 0.2) is 36.0 Å². The van der Waals surface area contributed by atoms with Crippen molar-refractivity contribution in [3.8, 4) is 0 Å². The summed E-state index contributed by atoms with van der Waals surface area (Å²) in [5.74, 6) is 0.0273. The van der Waals surface area contributed by atoms with E-state index in [1.165, 1.54) is 24.4 Å². The van der Waals surface area contributed by atoms with Gasteiger partial charge in [0.1, 0.15) is 0 Å². The fraction of sp³-hybridized carbons (Fsp3) is 0.400. The predicted molar refractivity (Wildman–Crippen MR) is 71.2 cm³/mol. The summed E-state index contributed by atoms with van der Waals surface area (Å²) in [7, 11) is 0. The van der Waals surface area contributed by atoms with E-state index in [1.54, 1.807) is 0 Å². The van der Waals surface area contributed by atoms with Crippen molar-refractivity contribution in [2.45, 2.75) is 38.3 Å². The maximum absolute atomic E-state index is 12.8. The van der Waals surface area contributed by atoms with E-state index in [4.69, 9.17) is 0 Å². The van der Waals surface area contributed by atoms with E-state index in [0.29, 0.717) is 18.4 Å². The summed E-state index contributed by atoms with van der Waals surface area (Å²) in [6, 6.07) is 5.26. The molecule has 0 heterocycles. The van der Waals surface area contributed by atoms with Gasteiger partial charge in [0.05, 0.1) is 11.3 Å². The van der Waals surface area contributed by atoms with Crippen LogP contribution in [0.4, 0.5) is 18.9 Å². The van der Waals surface area contributed by atoms with Crippen molar-refractivity contribution in [1.82, 2.24) is 0 Å². The number of carbonyl (C=O) groups excluding carboxylic acids is 1. The van der Waals surface area contributed by atoms with E-state index in [0.717, 1.165) is 25.3 Å². The molecule has 0 amide bonds. The lowest BCUT2D eigenvalue weighted by molar-refractivity contribution is -0.136. The fourth-order valence-corrected chi connectivity index (χ4v) is 2.25. The molecule has 1 aromatic rings. The van der Waals surface area contributed by atoms with Crippen molar-refractivity contribution in [1.29, 1.82) is 0 Å². The number of nitrogens with one attached hydrogen (secondary N) is 1. The number of hydrogen-bond donors (Lipinski definition) is 1. The molecule has 0 bridgehead atoms. The van der Waals surface area contributed by atoms with Crippen molar-refractivity contribution in [3.63, 3.8) is 0 Å². The van der Waals surface area contributed by atoms with Crippen LogP contribution in [-0.4, -0.2) is 5.78 Å². The molecule has 2 nitrogen and oxygen atoms in total. The lowest BCUT2D eigenvalue weighted by Crippen LogP contribution is -2.09. The van der Waals surface area contributed by atoms with Crippen LogP contribution in [0.3, 0.4) is 0 Å². The fourth-order valence-electron chi connectivity index (χ4n) is 2.25. The zero-order chi connectivity index (χ0) is 14.6. The van der Waals surface area contributed by atoms with Crippen LogP contribution in [0.25, 0.3) is 0 Å². The summed E-state index contributed by atoms with van der Waals surface area (Å²) in [5.41, 5.74) is -0.165. The standard InChI is InChI=1S/C15H16F3NO/c16-15(17,18)12-7-4-5-8-13(12)19-10-11-6-2-1-3-9-14(11)20/h4-5,7-8,10,19H,1-3,6,9H2/b11-10+. The highest BCUT2D eigenvalue weighted by molar-refractivity contribution is 5.95. The molecule has 1 N–H and O–H groups in total. The van der Waals surface area contributed by atoms with Crippen LogP contribution in [0.2, 0.25) is 0 Å². The SMILES string of the molecule is O=C1CCCCC/C1=C\Nc1ccccc1C(F)(F)F. The molecule has 5 heteroatoms. The minimum Gasteiger partial charge on any atom is -0.361 e. The number of allylic oxidation sites excluding steroid dienone is 1. The number of para-hydroxylation sites is 1. The smallest absolute Gasteiger partial charge is 0.361 e. The number of anilines is 1. The second-order valence-corrected chi connectivity index (χ2v) is 4.84. The zero-order valence-corrected chi connectivity index (χ0v) is 11.0. The second-order valence-electron chi connectivity index (χ2n) is 4.84. The Morgan fingerprint density at radius 2 is 1.75 bits per heavy atom. The van der Waals surface area contributed by atoms with Gasteiger partial charge in [-0.3, -0.25) is 4.79 Å². The van der Waals surface area contributed by atoms with Crippen molar-refractivity contribution in [2.75, 3.05) is 5.32 Å². The highest BCUT2D eigenvalue weighted by Gasteiger charge is 2.33. The molecule has 20 heavy (non-hydrogen) atoms. The Morgan fingerprint density at radius 1 is 1.05 bits per heavy atom. The van der Waals surface area contributed by atoms with Crippen molar-refractivity contribution in [3.05, 3.63) is 41.6 Å². The van der Waals surface area contributed by atoms with Crippen molar-refractivity contribution >= 4 is 11.5 Å². The first-order chi connectivity index (χ1) is 9.48. The summed E-state index contributed by atoms with van der Waals surface area (Å²) in [4.78, 5) is 11.8. The predicted octanol–water partition coefficient (Wildman–Crippen LogP) is 4.53. The van der Waals surface area contributed by atoms with Crippen LogP contribution in [0, 0.1) is 0 Å². The van der Waals surface area contributed by atoms with Gasteiger partial charge in [0.15, 0.2) is 5.78 Å². The molecule has 0 spiro atoms. The van der Waals surface area contributed by atoms with E-state index < -0.39 is 11.7 Å². The largest absolute Gasteiger partial charge is 0.418 e. The average molecular weight is 283 g/mol. The molecular weight excluding hydrogens is 267 g/mol. The van der Waals surface area contributed by atoms with Gasteiger partial charge >= 0.3 is 6.18 Å². The maximum atomic E-state index is 12.8. The molecule has 108 valence electrons. The van der Waals surface area contributed by atoms with Gasteiger partial charge in [-0.25, -0.2) is 0 Å². The topological polar surface area (TPSA) is 29.1 Å². The molecule has 0 atom stereocenters. The first kappa shape index (κ1) is 14.6. The maximum Gasteiger partial charge on any atom is 0.418 e. The van der Waals surface area contributed by atoms with Gasteiger partial charge in [0.2, 0.25) is 0 Å². The third-order valence-corrected chi connectivity index (χ3v) is 3.34. The van der Waals surface area contributed by atoms with Crippen LogP contribution >= 0.6 is 0 Å². The van der Waals surface area contributed by atoms with Gasteiger partial charge in [0, 0.05) is 18.2 Å². The first-order valence-electron chi connectivity index (χ1n) is 6.63.